The average Bonchev–Trinajstić information content (AvgIpc) is 1.51. The average molecular weight is 2010 g/mol. The summed E-state index contributed by atoms with van der Waals surface area (Å²) in [6.07, 6.45) is 0. The van der Waals surface area contributed by atoms with Gasteiger partial charge in [0, 0.05) is 115 Å². The van der Waals surface area contributed by atoms with Crippen molar-refractivity contribution in [3.8, 4) is 137 Å². The quantitative estimate of drug-likeness (QED) is 0.0979. The van der Waals surface area contributed by atoms with E-state index in [9.17, 15) is 34.3 Å². The number of hydrogen-bond acceptors (Lipinski definition) is 9. The first-order valence-corrected chi connectivity index (χ1v) is 43.4. The summed E-state index contributed by atoms with van der Waals surface area (Å²) in [6, 6.07) is -79.8. The van der Waals surface area contributed by atoms with E-state index in [1.807, 2.05) is 0 Å². The Morgan fingerprint density at radius 1 is 0.133 bits per heavy atom. The summed E-state index contributed by atoms with van der Waals surface area (Å²) < 4.78 is 770. The number of rotatable bonds is 15. The fourth-order valence-corrected chi connectivity index (χ4v) is 16.9. The zero-order chi connectivity index (χ0) is 174. The second-order valence-corrected chi connectivity index (χ2v) is 31.0. The topological polar surface area (TPSA) is 146 Å². The fraction of sp³-hybridized carbons (Fsp3) is 0. The lowest BCUT2D eigenvalue weighted by Gasteiger charge is -2.14. The third-order valence-electron chi connectivity index (χ3n) is 22.9. The molecule has 0 N–H and O–H groups in total. The summed E-state index contributed by atoms with van der Waals surface area (Å²) in [5.41, 5.74) is -20.0. The largest absolute Gasteiger partial charge is 0.307 e. The van der Waals surface area contributed by atoms with Crippen molar-refractivity contribution in [1.82, 2.24) is 72.3 Å². The fourth-order valence-electron chi connectivity index (χ4n) is 16.9. The van der Waals surface area contributed by atoms with Crippen LogP contribution in [-0.4, -0.2) is 72.3 Å². The van der Waals surface area contributed by atoms with Crippen molar-refractivity contribution in [2.75, 3.05) is 0 Å². The van der Waals surface area contributed by atoms with E-state index < -0.39 is 787 Å². The van der Waals surface area contributed by atoms with Crippen LogP contribution in [0.25, 0.3) is 267 Å². The number of para-hydroxylation sites is 9. The van der Waals surface area contributed by atoms with Crippen molar-refractivity contribution in [3.05, 3.63) is 526 Å². The van der Waals surface area contributed by atoms with Gasteiger partial charge >= 0.3 is 0 Å². The molecule has 702 valence electrons. The van der Waals surface area contributed by atoms with Crippen LogP contribution in [0.5, 0.6) is 0 Å². The Balaban J connectivity index is 0.000000152. The minimum atomic E-state index is -1.07. The molecule has 0 atom stereocenters. The minimum Gasteiger partial charge on any atom is -0.307 e. The van der Waals surface area contributed by atoms with Crippen LogP contribution in [-0.2, 0) is 0 Å². The lowest BCUT2D eigenvalue weighted by molar-refractivity contribution is 0.953. The predicted molar refractivity (Wildman–Crippen MR) is 614 cm³/mol. The Labute approximate surface area is 982 Å². The maximum absolute atomic E-state index is 9.65. The zero-order valence-electron chi connectivity index (χ0n) is 160. The van der Waals surface area contributed by atoms with Crippen LogP contribution in [0.4, 0.5) is 0 Å². The molecule has 0 saturated heterocycles. The highest BCUT2D eigenvalue weighted by atomic mass is 15.2. The van der Waals surface area contributed by atoms with E-state index >= 15 is 0 Å². The molecule has 0 spiro atoms. The highest BCUT2D eigenvalue weighted by Gasteiger charge is 2.30. The Morgan fingerprint density at radius 2 is 0.353 bits per heavy atom. The van der Waals surface area contributed by atoms with E-state index in [1.165, 1.54) is 0 Å². The molecule has 9 aromatic heterocycles. The van der Waals surface area contributed by atoms with E-state index in [0.717, 1.165) is 33.5 Å². The molecule has 0 aliphatic heterocycles. The molecule has 0 radical (unpaired) electrons. The molecule has 0 amide bonds. The molecule has 0 aliphatic carbocycles. The SMILES string of the molecule is [2H]c1c([2H])c([2H])c(-c2nc(-c3c([2H])c([2H])c(-c4c([2H])c([2H])c([2H])c([2H])c4[2H])c([2H])c3[2H])nc(-n3c4c([2H])c([2H])c([2H])c([2H])c4c4c([2H])c([2H])c5c6c([2H])c([2H])c([2H])c([2H])c6n(-c6c([2H])c([2H])c([2H])c([2H])c6[2H])c5c43)n2)c([2H])c1[2H].[2H]c1c([2H])c([2H])c(-c2nc(-c3c([2H])c([2H])c([2H])c(-c4c([2H])c([2H])c([2H])c([2H])c4[2H])c3[2H])nc(-n3c4c([2H])c([2H])c([2H])c([2H])c4c4c([2H])c([2H])c5c6c([2H])c([2H])c([2H])c([2H])c6n(-c6c([2H])c([2H])c([2H])c([2H])c6[2H])c5c43)n2)c([2H])c1[2H].[2H]c1cc([2H])c(-c2c([2H])c([2H])c([2H])c([2H])c2-c2nc(-c3c([2H])c([2H])c([2H])c([2H])c3[2H])nc(-n3c4c([2H])c([2H])c([2H])c([2H])c4c4c([2H])c([2H])c5c6c([2H])c([2H])c([2H])c([2H])c6n(-c6c([2H])c([2H])c([2H])c([2H])c6[2H])c5c43)n2)c([2H])c1[2H]. The second-order valence-electron chi connectivity index (χ2n) is 31.0. The van der Waals surface area contributed by atoms with Crippen LogP contribution in [0.1, 0.15) is 118 Å². The first kappa shape index (κ1) is 36.3. The minimum absolute atomic E-state index is 0.564. The Bertz CT molecular complexity index is 16000. The lowest BCUT2D eigenvalue weighted by atomic mass is 9.99. The van der Waals surface area contributed by atoms with Crippen LogP contribution in [0, 0.1) is 0 Å². The Kier molecular flexibility index (Phi) is 8.96. The summed E-state index contributed by atoms with van der Waals surface area (Å²) in [5, 5.41) is -7.11. The Hall–Kier alpha value is -20.6. The van der Waals surface area contributed by atoms with E-state index in [-0.39, 0.29) is 0 Å². The maximum atomic E-state index is 9.65. The summed E-state index contributed by atoms with van der Waals surface area (Å²) in [5.74, 6) is -8.61. The van der Waals surface area contributed by atoms with Gasteiger partial charge in [-0.1, -0.05) is 447 Å². The van der Waals surface area contributed by atoms with Crippen molar-refractivity contribution in [1.29, 1.82) is 0 Å². The number of nitrogens with zero attached hydrogens (tertiary/aromatic N) is 15. The van der Waals surface area contributed by atoms with E-state index in [2.05, 4.69) is 44.9 Å². The first-order valence-electron chi connectivity index (χ1n) is 86.4. The van der Waals surface area contributed by atoms with Gasteiger partial charge in [-0.15, -0.1) is 0 Å². The van der Waals surface area contributed by atoms with Gasteiger partial charge in [0.05, 0.1) is 184 Å². The number of hydrogen-bond donors (Lipinski definition) is 0. The Morgan fingerprint density at radius 3 is 0.700 bits per heavy atom. The summed E-state index contributed by atoms with van der Waals surface area (Å²) >= 11 is 0. The number of benzene rings is 21. The van der Waals surface area contributed by atoms with E-state index in [1.54, 1.807) is 0 Å². The van der Waals surface area contributed by atoms with Crippen molar-refractivity contribution in [2.45, 2.75) is 0 Å². The third kappa shape index (κ3) is 15.1. The highest BCUT2D eigenvalue weighted by Crippen LogP contribution is 2.48. The van der Waals surface area contributed by atoms with Crippen LogP contribution in [0.2, 0.25) is 0 Å². The monoisotopic (exact) mass is 2000 g/mol. The first-order chi connectivity index (χ1) is 110. The number of fused-ring (bicyclic) bond motifs is 21. The molecule has 30 rings (SSSR count). The molecular weight excluding hydrogens is 1830 g/mol. The molecule has 15 nitrogen and oxygen atoms in total. The van der Waals surface area contributed by atoms with Gasteiger partial charge < -0.3 is 13.7 Å². The van der Waals surface area contributed by atoms with Crippen LogP contribution in [0.3, 0.4) is 0 Å². The van der Waals surface area contributed by atoms with E-state index in [4.69, 9.17) is 83.6 Å². The third-order valence-corrected chi connectivity index (χ3v) is 22.9. The molecule has 0 fully saturated rings. The number of aromatic nitrogens is 15. The van der Waals surface area contributed by atoms with Gasteiger partial charge in [-0.3, -0.25) is 13.7 Å². The van der Waals surface area contributed by atoms with Crippen molar-refractivity contribution >= 4 is 131 Å². The molecule has 0 unspecified atom stereocenters. The van der Waals surface area contributed by atoms with Gasteiger partial charge in [0.1, 0.15) is 0 Å². The van der Waals surface area contributed by atoms with Gasteiger partial charge in [0.15, 0.2) is 34.9 Å². The van der Waals surface area contributed by atoms with Crippen molar-refractivity contribution in [3.63, 3.8) is 0 Å². The highest BCUT2D eigenvalue weighted by molar-refractivity contribution is 6.27. The lowest BCUT2D eigenvalue weighted by Crippen LogP contribution is -2.07. The van der Waals surface area contributed by atoms with Gasteiger partial charge in [-0.2, -0.15) is 29.9 Å². The molecule has 30 aromatic rings. The van der Waals surface area contributed by atoms with Gasteiger partial charge in [0.25, 0.3) is 0 Å². The van der Waals surface area contributed by atoms with Gasteiger partial charge in [0.2, 0.25) is 17.8 Å². The molecule has 9 heterocycles. The smallest absolute Gasteiger partial charge is 0.238 e. The summed E-state index contributed by atoms with van der Waals surface area (Å²) in [6.45, 7) is 0. The molecule has 15 heteroatoms. The molecule has 21 aromatic carbocycles. The van der Waals surface area contributed by atoms with E-state index in [0.29, 0.717) is 0 Å². The van der Waals surface area contributed by atoms with Crippen LogP contribution in [0.15, 0.2) is 526 Å². The van der Waals surface area contributed by atoms with Gasteiger partial charge in [-0.25, -0.2) is 15.0 Å². The zero-order valence-corrected chi connectivity index (χ0v) is 74.3. The van der Waals surface area contributed by atoms with Crippen LogP contribution < -0.4 is 0 Å². The normalized spacial score (nSPS) is 19.6. The van der Waals surface area contributed by atoms with Crippen molar-refractivity contribution in [2.24, 2.45) is 0 Å². The summed E-state index contributed by atoms with van der Waals surface area (Å²) in [7, 11) is 0. The van der Waals surface area contributed by atoms with Gasteiger partial charge in [-0.05, 0) is 112 Å². The molecule has 0 bridgehead atoms. The van der Waals surface area contributed by atoms with Crippen molar-refractivity contribution < 1.29 is 118 Å². The molecule has 150 heavy (non-hydrogen) atoms. The predicted octanol–water partition coefficient (Wildman–Crippen LogP) is 33.2. The van der Waals surface area contributed by atoms with Crippen LogP contribution >= 0.6 is 0 Å². The second kappa shape index (κ2) is 37.0. The standard InChI is InChI=1S/3C45H29N5/c1-4-15-30(16-5-1)32-19-14-20-33(29-32)44-46-43(31-17-6-2-7-18-31)47-45(48-44)50-40-26-13-11-24-36(40)38-28-27-37-35-23-10-12-25-39(35)49(41(37)42(38)50)34-21-8-3-9-22-34;1-4-14-30(15-5-1)31-24-26-33(27-25-31)44-46-43(32-16-6-2-7-17-32)47-45(48-44)50-40-23-13-11-21-36(40)38-29-28-37-35-20-10-12-22-39(35)49(41(37)42(38)50)34-18-8-3-9-19-34;1-4-16-30(17-5-1)33-22-10-11-25-38(33)44-46-43(31-18-6-2-7-19-31)47-45(48-44)50-40-27-15-13-24-35(40)37-29-28-36-34-23-12-14-26-39(34)49(41(36)42(37)50)32-20-8-3-9-21-32/h3*1-29H/i2*1D,2D,3D,4D,5D,6D,7D,8D,9D,10D,11D,12D,13D,14D,15D,16D,17D,18D,19D,20D,21D,22D,23D,24D,25D,26D,27D,28D,29D;1D,2D,3D,4D,6D,7D,8D,9D,10D,11D,12D,13D,14D,15D,16D,17D,18D,19D,20D,21D,22D,23D,24D,25D,26D,27D,28D,29D. The molecule has 0 saturated carbocycles. The molecule has 0 aliphatic rings. The molecular formula is C135H87N15. The maximum Gasteiger partial charge on any atom is 0.238 e. The summed E-state index contributed by atoms with van der Waals surface area (Å²) in [4.78, 5) is 40.2.